The van der Waals surface area contributed by atoms with Crippen LogP contribution in [-0.2, 0) is 0 Å². The molecule has 2 aliphatic heterocycles. The molecule has 2 saturated heterocycles. The monoisotopic (exact) mass is 582 g/mol. The van der Waals surface area contributed by atoms with Crippen LogP contribution in [0, 0.1) is 64.6 Å². The van der Waals surface area contributed by atoms with Gasteiger partial charge in [0.05, 0.1) is 0 Å². The summed E-state index contributed by atoms with van der Waals surface area (Å²) in [6.45, 7) is 13.2. The van der Waals surface area contributed by atoms with Crippen molar-refractivity contribution in [2.24, 2.45) is 64.6 Å². The number of fused-ring (bicyclic) bond motifs is 4. The molecule has 0 aromatic rings. The minimum atomic E-state index is 0.431. The van der Waals surface area contributed by atoms with Gasteiger partial charge in [-0.25, -0.2) is 0 Å². The summed E-state index contributed by atoms with van der Waals surface area (Å²) in [5.41, 5.74) is 0.431. The summed E-state index contributed by atoms with van der Waals surface area (Å²) in [6.07, 6.45) is 11.4. The molecule has 2 N–H and O–H groups in total. The highest BCUT2D eigenvalue weighted by molar-refractivity contribution is 9.09. The molecule has 6 fully saturated rings. The smallest absolute Gasteiger partial charge is 0.0220 e. The first-order chi connectivity index (χ1) is 15.8. The van der Waals surface area contributed by atoms with Gasteiger partial charge in [-0.1, -0.05) is 59.6 Å². The number of rotatable bonds is 2. The molecule has 2 heterocycles. The molecular weight excluding hydrogens is 536 g/mol. The Morgan fingerprint density at radius 3 is 1.45 bits per heavy atom. The SMILES string of the molecule is CC1CC2C(Br)C3CCCNC3CC2C1C(C)(C)C1C(C)CC2C(Br)C3CCCNC3CC21. The van der Waals surface area contributed by atoms with E-state index < -0.39 is 0 Å². The standard InChI is InChI=1S/C29H48Br2N2/c1-15-11-21-19(13-23-17(27(21)30)7-5-9-32-23)25(15)29(3,4)26-16(2)12-22-20(26)14-24-18(28(22)31)8-6-10-33-24/h15-28,32-33H,5-14H2,1-4H3. The summed E-state index contributed by atoms with van der Waals surface area (Å²) in [6, 6.07) is 1.52. The van der Waals surface area contributed by atoms with Gasteiger partial charge in [0.1, 0.15) is 0 Å². The molecule has 2 nitrogen and oxygen atoms in total. The lowest BCUT2D eigenvalue weighted by molar-refractivity contribution is -0.0215. The van der Waals surface area contributed by atoms with E-state index in [2.05, 4.69) is 70.2 Å². The van der Waals surface area contributed by atoms with Crippen LogP contribution in [0.15, 0.2) is 0 Å². The van der Waals surface area contributed by atoms with Crippen molar-refractivity contribution >= 4 is 31.9 Å². The Balaban J connectivity index is 1.28. The Labute approximate surface area is 220 Å². The minimum Gasteiger partial charge on any atom is -0.314 e. The van der Waals surface area contributed by atoms with E-state index in [9.17, 15) is 0 Å². The van der Waals surface area contributed by atoms with Gasteiger partial charge in [0.2, 0.25) is 0 Å². The quantitative estimate of drug-likeness (QED) is 0.347. The second-order valence-corrected chi connectivity index (χ2v) is 16.2. The second-order valence-electron chi connectivity index (χ2n) is 14.0. The van der Waals surface area contributed by atoms with E-state index in [0.29, 0.717) is 5.41 Å². The summed E-state index contributed by atoms with van der Waals surface area (Å²) >= 11 is 8.60. The van der Waals surface area contributed by atoms with Crippen molar-refractivity contribution in [3.05, 3.63) is 0 Å². The molecular formula is C29H48Br2N2. The highest BCUT2D eigenvalue weighted by atomic mass is 79.9. The van der Waals surface area contributed by atoms with Crippen LogP contribution < -0.4 is 10.6 Å². The molecule has 6 aliphatic rings. The molecule has 14 atom stereocenters. The Morgan fingerprint density at radius 1 is 0.606 bits per heavy atom. The van der Waals surface area contributed by atoms with E-state index in [1.807, 2.05) is 0 Å². The molecule has 0 spiro atoms. The van der Waals surface area contributed by atoms with Crippen molar-refractivity contribution in [3.8, 4) is 0 Å². The van der Waals surface area contributed by atoms with E-state index in [1.165, 1.54) is 64.5 Å². The van der Waals surface area contributed by atoms with Crippen molar-refractivity contribution in [2.45, 2.75) is 101 Å². The van der Waals surface area contributed by atoms with Crippen LogP contribution in [0.25, 0.3) is 0 Å². The maximum absolute atomic E-state index is 4.30. The maximum atomic E-state index is 4.30. The van der Waals surface area contributed by atoms with Gasteiger partial charge in [-0.2, -0.15) is 0 Å². The Bertz CT molecular complexity index is 668. The molecule has 4 heteroatoms. The van der Waals surface area contributed by atoms with Gasteiger partial charge in [0, 0.05) is 21.7 Å². The number of nitrogens with one attached hydrogen (secondary N) is 2. The van der Waals surface area contributed by atoms with Gasteiger partial charge in [-0.05, 0) is 129 Å². The van der Waals surface area contributed by atoms with Crippen molar-refractivity contribution in [1.82, 2.24) is 10.6 Å². The van der Waals surface area contributed by atoms with Crippen LogP contribution in [0.3, 0.4) is 0 Å². The summed E-state index contributed by atoms with van der Waals surface area (Å²) in [4.78, 5) is 1.47. The van der Waals surface area contributed by atoms with Gasteiger partial charge in [0.15, 0.2) is 0 Å². The highest BCUT2D eigenvalue weighted by Crippen LogP contribution is 2.65. The largest absolute Gasteiger partial charge is 0.314 e. The molecule has 0 amide bonds. The Hall–Kier alpha value is 0.880. The zero-order valence-corrected chi connectivity index (χ0v) is 24.6. The number of hydrogen-bond acceptors (Lipinski definition) is 2. The third kappa shape index (κ3) is 3.80. The van der Waals surface area contributed by atoms with Crippen LogP contribution in [-0.4, -0.2) is 34.8 Å². The Kier molecular flexibility index (Phi) is 6.62. The van der Waals surface area contributed by atoms with Crippen LogP contribution in [0.1, 0.15) is 79.1 Å². The zero-order chi connectivity index (χ0) is 23.1. The van der Waals surface area contributed by atoms with Gasteiger partial charge in [-0.15, -0.1) is 0 Å². The van der Waals surface area contributed by atoms with Gasteiger partial charge in [-0.3, -0.25) is 0 Å². The summed E-state index contributed by atoms with van der Waals surface area (Å²) in [5, 5.41) is 7.93. The zero-order valence-electron chi connectivity index (χ0n) is 21.4. The van der Waals surface area contributed by atoms with Gasteiger partial charge < -0.3 is 10.6 Å². The topological polar surface area (TPSA) is 24.1 Å². The molecule has 6 rings (SSSR count). The fourth-order valence-corrected chi connectivity index (χ4v) is 14.0. The highest BCUT2D eigenvalue weighted by Gasteiger charge is 2.61. The molecule has 188 valence electrons. The number of alkyl halides is 2. The lowest BCUT2D eigenvalue weighted by atomic mass is 9.54. The minimum absolute atomic E-state index is 0.431. The van der Waals surface area contributed by atoms with E-state index in [-0.39, 0.29) is 0 Å². The van der Waals surface area contributed by atoms with Crippen molar-refractivity contribution < 1.29 is 0 Å². The van der Waals surface area contributed by atoms with E-state index >= 15 is 0 Å². The first-order valence-electron chi connectivity index (χ1n) is 14.5. The van der Waals surface area contributed by atoms with Crippen LogP contribution in [0.4, 0.5) is 0 Å². The average Bonchev–Trinajstić information content (AvgIpc) is 3.31. The third-order valence-electron chi connectivity index (χ3n) is 12.2. The molecule has 0 aromatic heterocycles. The summed E-state index contributed by atoms with van der Waals surface area (Å²) < 4.78 is 0. The molecule has 14 unspecified atom stereocenters. The average molecular weight is 585 g/mol. The van der Waals surface area contributed by atoms with E-state index in [4.69, 9.17) is 0 Å². The number of hydrogen-bond donors (Lipinski definition) is 2. The lowest BCUT2D eigenvalue weighted by Gasteiger charge is -2.53. The molecule has 4 aliphatic carbocycles. The molecule has 33 heavy (non-hydrogen) atoms. The summed E-state index contributed by atoms with van der Waals surface area (Å²) in [7, 11) is 0. The second kappa shape index (κ2) is 9.02. The number of halogens is 2. The third-order valence-corrected chi connectivity index (χ3v) is 14.9. The van der Waals surface area contributed by atoms with Crippen LogP contribution in [0.5, 0.6) is 0 Å². The fraction of sp³-hybridized carbons (Fsp3) is 1.00. The lowest BCUT2D eigenvalue weighted by Crippen LogP contribution is -2.55. The number of piperidine rings is 2. The molecule has 0 radical (unpaired) electrons. The molecule has 0 aromatic carbocycles. The maximum Gasteiger partial charge on any atom is 0.0220 e. The predicted molar refractivity (Wildman–Crippen MR) is 146 cm³/mol. The van der Waals surface area contributed by atoms with Crippen molar-refractivity contribution in [3.63, 3.8) is 0 Å². The van der Waals surface area contributed by atoms with Gasteiger partial charge in [0.25, 0.3) is 0 Å². The summed E-state index contributed by atoms with van der Waals surface area (Å²) in [5.74, 6) is 8.83. The first-order valence-corrected chi connectivity index (χ1v) is 16.4. The normalized spacial score (nSPS) is 56.5. The van der Waals surface area contributed by atoms with E-state index in [0.717, 1.165) is 80.9 Å². The van der Waals surface area contributed by atoms with Gasteiger partial charge >= 0.3 is 0 Å². The predicted octanol–water partition coefficient (Wildman–Crippen LogP) is 6.86. The van der Waals surface area contributed by atoms with Crippen molar-refractivity contribution in [1.29, 1.82) is 0 Å². The van der Waals surface area contributed by atoms with Crippen LogP contribution >= 0.6 is 31.9 Å². The molecule has 4 saturated carbocycles. The Morgan fingerprint density at radius 2 is 1.03 bits per heavy atom. The van der Waals surface area contributed by atoms with Crippen LogP contribution in [0.2, 0.25) is 0 Å². The van der Waals surface area contributed by atoms with Crippen molar-refractivity contribution in [2.75, 3.05) is 13.1 Å². The molecule has 0 bridgehead atoms. The van der Waals surface area contributed by atoms with E-state index in [1.54, 1.807) is 0 Å². The first kappa shape index (κ1) is 24.2. The fourth-order valence-electron chi connectivity index (χ4n) is 11.5.